The number of ether oxygens (including phenoxy) is 4. The van der Waals surface area contributed by atoms with E-state index in [1.165, 1.54) is 0 Å². The molecule has 10 heteroatoms. The lowest BCUT2D eigenvalue weighted by Gasteiger charge is -2.29. The number of alkyl halides is 1. The Hall–Kier alpha value is -2.98. The van der Waals surface area contributed by atoms with Crippen molar-refractivity contribution in [2.45, 2.75) is 25.9 Å². The lowest BCUT2D eigenvalue weighted by atomic mass is 10.1. The zero-order valence-electron chi connectivity index (χ0n) is 19.9. The van der Waals surface area contributed by atoms with Crippen LogP contribution in [0, 0.1) is 0 Å². The predicted molar refractivity (Wildman–Crippen MR) is 132 cm³/mol. The van der Waals surface area contributed by atoms with Crippen LogP contribution in [-0.4, -0.2) is 50.8 Å². The second-order valence-corrected chi connectivity index (χ2v) is 8.26. The number of para-hydroxylation sites is 1. The Labute approximate surface area is 208 Å². The maximum Gasteiger partial charge on any atom is 0.169 e. The van der Waals surface area contributed by atoms with Crippen molar-refractivity contribution in [2.24, 2.45) is 0 Å². The molecule has 0 saturated heterocycles. The third-order valence-electron chi connectivity index (χ3n) is 5.58. The van der Waals surface area contributed by atoms with E-state index in [9.17, 15) is 4.39 Å². The maximum absolute atomic E-state index is 12.9. The molecule has 3 aromatic rings. The Bertz CT molecular complexity index is 1170. The number of methoxy groups -OCH3 is 3. The highest BCUT2D eigenvalue weighted by Crippen LogP contribution is 2.36. The van der Waals surface area contributed by atoms with E-state index in [2.05, 4.69) is 5.43 Å². The van der Waals surface area contributed by atoms with E-state index in [4.69, 9.17) is 40.5 Å². The number of nitrogens with one attached hydrogen (secondary N) is 1. The Kier molecular flexibility index (Phi) is 8.35. The summed E-state index contributed by atoms with van der Waals surface area (Å²) in [6.45, 7) is -0.151. The number of hydrogen-bond donors (Lipinski definition) is 1. The number of rotatable bonds is 11. The van der Waals surface area contributed by atoms with Gasteiger partial charge in [-0.15, -0.1) is 0 Å². The molecule has 186 valence electrons. The van der Waals surface area contributed by atoms with Gasteiger partial charge >= 0.3 is 0 Å². The van der Waals surface area contributed by atoms with Gasteiger partial charge in [0.2, 0.25) is 0 Å². The molecular weight excluding hydrogens is 475 g/mol. The molecule has 8 nitrogen and oxygen atoms in total. The summed E-state index contributed by atoms with van der Waals surface area (Å²) < 4.78 is 34.8. The summed E-state index contributed by atoms with van der Waals surface area (Å²) in [5.41, 5.74) is 7.81. The van der Waals surface area contributed by atoms with Gasteiger partial charge in [-0.3, -0.25) is 10.4 Å². The van der Waals surface area contributed by atoms with E-state index in [1.807, 2.05) is 41.4 Å². The van der Waals surface area contributed by atoms with Crippen molar-refractivity contribution >= 4 is 23.1 Å². The molecular formula is C25H28ClFN4O4. The van der Waals surface area contributed by atoms with E-state index in [1.54, 1.807) is 27.4 Å². The Morgan fingerprint density at radius 2 is 1.83 bits per heavy atom. The summed E-state index contributed by atoms with van der Waals surface area (Å²) in [4.78, 5) is 9.72. The molecule has 1 aliphatic heterocycles. The standard InChI is InChI=1S/C25H28ClFN4O4/c1-32-14-20-24(18-9-8-17(34-3)13-19(18)26)28-21(15-33-2)25(29-20)30-31-22-7-5-4-6-16(22)12-23(31)35-11-10-27/h4-9,13,23H,10-12,14-15H2,1-3H3,(H,29,30). The highest BCUT2D eigenvalue weighted by Gasteiger charge is 2.31. The first-order valence-electron chi connectivity index (χ1n) is 11.1. The molecule has 0 radical (unpaired) electrons. The summed E-state index contributed by atoms with van der Waals surface area (Å²) in [5.74, 6) is 1.13. The number of anilines is 2. The molecule has 35 heavy (non-hydrogen) atoms. The predicted octanol–water partition coefficient (Wildman–Crippen LogP) is 4.80. The van der Waals surface area contributed by atoms with Crippen LogP contribution in [0.2, 0.25) is 5.02 Å². The van der Waals surface area contributed by atoms with Crippen LogP contribution in [-0.2, 0) is 33.8 Å². The number of aromatic nitrogens is 2. The average molecular weight is 503 g/mol. The third kappa shape index (κ3) is 5.48. The zero-order valence-corrected chi connectivity index (χ0v) is 20.6. The summed E-state index contributed by atoms with van der Waals surface area (Å²) in [6, 6.07) is 13.3. The highest BCUT2D eigenvalue weighted by molar-refractivity contribution is 6.33. The van der Waals surface area contributed by atoms with E-state index < -0.39 is 12.9 Å². The van der Waals surface area contributed by atoms with Crippen molar-refractivity contribution in [3.05, 3.63) is 64.4 Å². The molecule has 2 aromatic carbocycles. The first-order chi connectivity index (χ1) is 17.1. The van der Waals surface area contributed by atoms with E-state index >= 15 is 0 Å². The van der Waals surface area contributed by atoms with Gasteiger partial charge in [0.15, 0.2) is 12.0 Å². The molecule has 0 aliphatic carbocycles. The molecule has 1 unspecified atom stereocenters. The van der Waals surface area contributed by atoms with Crippen molar-refractivity contribution in [3.8, 4) is 17.0 Å². The molecule has 0 bridgehead atoms. The van der Waals surface area contributed by atoms with Gasteiger partial charge in [0, 0.05) is 26.2 Å². The van der Waals surface area contributed by atoms with Crippen LogP contribution >= 0.6 is 11.6 Å². The number of benzene rings is 2. The fourth-order valence-electron chi connectivity index (χ4n) is 4.01. The highest BCUT2D eigenvalue weighted by atomic mass is 35.5. The molecule has 1 atom stereocenters. The summed E-state index contributed by atoms with van der Waals surface area (Å²) in [6.07, 6.45) is 0.211. The first-order valence-corrected chi connectivity index (χ1v) is 11.5. The van der Waals surface area contributed by atoms with Crippen molar-refractivity contribution < 1.29 is 23.3 Å². The van der Waals surface area contributed by atoms with Crippen molar-refractivity contribution in [1.29, 1.82) is 0 Å². The van der Waals surface area contributed by atoms with E-state index in [0.717, 1.165) is 11.3 Å². The molecule has 0 saturated carbocycles. The molecule has 4 rings (SSSR count). The molecule has 1 N–H and O–H groups in total. The molecule has 1 aromatic heterocycles. The van der Waals surface area contributed by atoms with Crippen molar-refractivity contribution in [3.63, 3.8) is 0 Å². The van der Waals surface area contributed by atoms with Crippen LogP contribution in [0.1, 0.15) is 17.0 Å². The number of hydrogen-bond acceptors (Lipinski definition) is 8. The zero-order chi connectivity index (χ0) is 24.8. The van der Waals surface area contributed by atoms with Crippen LogP contribution < -0.4 is 15.2 Å². The van der Waals surface area contributed by atoms with Gasteiger partial charge in [0.25, 0.3) is 0 Å². The van der Waals surface area contributed by atoms with Gasteiger partial charge in [-0.25, -0.2) is 14.4 Å². The van der Waals surface area contributed by atoms with Crippen LogP contribution in [0.4, 0.5) is 15.9 Å². The molecule has 1 aliphatic rings. The van der Waals surface area contributed by atoms with Gasteiger partial charge in [-0.05, 0) is 29.8 Å². The first kappa shape index (κ1) is 25.1. The lowest BCUT2D eigenvalue weighted by Crippen LogP contribution is -2.40. The maximum atomic E-state index is 12.9. The Balaban J connectivity index is 1.76. The second-order valence-electron chi connectivity index (χ2n) is 7.86. The van der Waals surface area contributed by atoms with Crippen LogP contribution in [0.3, 0.4) is 0 Å². The SMILES string of the molecule is COCc1nc(-c2ccc(OC)cc2Cl)c(COC)nc1NN1c2ccccc2CC1OCCF. The molecule has 0 spiro atoms. The quantitative estimate of drug-likeness (QED) is 0.400. The van der Waals surface area contributed by atoms with Gasteiger partial charge < -0.3 is 18.9 Å². The summed E-state index contributed by atoms with van der Waals surface area (Å²) in [7, 11) is 4.77. The number of fused-ring (bicyclic) bond motifs is 1. The number of halogens is 2. The van der Waals surface area contributed by atoms with Gasteiger partial charge in [-0.1, -0.05) is 29.8 Å². The minimum atomic E-state index is -0.565. The van der Waals surface area contributed by atoms with Crippen LogP contribution in [0.25, 0.3) is 11.3 Å². The van der Waals surface area contributed by atoms with Crippen LogP contribution in [0.5, 0.6) is 5.75 Å². The summed E-state index contributed by atoms with van der Waals surface area (Å²) >= 11 is 6.55. The van der Waals surface area contributed by atoms with Crippen molar-refractivity contribution in [2.75, 3.05) is 45.0 Å². The number of hydrazine groups is 1. The van der Waals surface area contributed by atoms with Crippen molar-refractivity contribution in [1.82, 2.24) is 9.97 Å². The largest absolute Gasteiger partial charge is 0.497 e. The molecule has 0 fully saturated rings. The smallest absolute Gasteiger partial charge is 0.169 e. The summed E-state index contributed by atoms with van der Waals surface area (Å²) in [5, 5.41) is 2.33. The van der Waals surface area contributed by atoms with Gasteiger partial charge in [0.1, 0.15) is 18.1 Å². The van der Waals surface area contributed by atoms with E-state index in [0.29, 0.717) is 45.7 Å². The minimum Gasteiger partial charge on any atom is -0.497 e. The minimum absolute atomic E-state index is 0.00271. The fraction of sp³-hybridized carbons (Fsp3) is 0.360. The normalized spacial score (nSPS) is 14.8. The van der Waals surface area contributed by atoms with Gasteiger partial charge in [0.05, 0.1) is 49.0 Å². The Morgan fingerprint density at radius 3 is 2.54 bits per heavy atom. The third-order valence-corrected chi connectivity index (χ3v) is 5.89. The topological polar surface area (TPSA) is 78.0 Å². The van der Waals surface area contributed by atoms with Crippen LogP contribution in [0.15, 0.2) is 42.5 Å². The number of nitrogens with zero attached hydrogens (tertiary/aromatic N) is 3. The van der Waals surface area contributed by atoms with Gasteiger partial charge in [-0.2, -0.15) is 0 Å². The second kappa shape index (κ2) is 11.6. The average Bonchev–Trinajstić information content (AvgIpc) is 3.21. The molecule has 0 amide bonds. The fourth-order valence-corrected chi connectivity index (χ4v) is 4.27. The Morgan fingerprint density at radius 1 is 1.06 bits per heavy atom. The van der Waals surface area contributed by atoms with E-state index in [-0.39, 0.29) is 19.8 Å². The molecule has 2 heterocycles. The lowest BCUT2D eigenvalue weighted by molar-refractivity contribution is 0.0507. The monoisotopic (exact) mass is 502 g/mol.